The Hall–Kier alpha value is -0.998. The van der Waals surface area contributed by atoms with Crippen LogP contribution >= 0.6 is 0 Å². The van der Waals surface area contributed by atoms with Crippen molar-refractivity contribution in [3.05, 3.63) is 23.9 Å². The molecule has 0 heterocycles. The maximum absolute atomic E-state index is 9.98. The van der Waals surface area contributed by atoms with Crippen molar-refractivity contribution in [3.63, 3.8) is 0 Å². The predicted molar refractivity (Wildman–Crippen MR) is 83.9 cm³/mol. The molecule has 0 aromatic rings. The van der Waals surface area contributed by atoms with E-state index in [1.807, 2.05) is 0 Å². The van der Waals surface area contributed by atoms with Crippen molar-refractivity contribution < 1.29 is 65.4 Å². The van der Waals surface area contributed by atoms with Crippen molar-refractivity contribution in [2.75, 3.05) is 19.6 Å². The molecule has 0 aromatic heterocycles. The van der Waals surface area contributed by atoms with E-state index < -0.39 is 10.2 Å². The summed E-state index contributed by atoms with van der Waals surface area (Å²) in [5.74, 6) is -0.750. The molecule has 0 atom stereocenters. The molecule has 0 saturated heterocycles. The van der Waals surface area contributed by atoms with Crippen molar-refractivity contribution in [1.82, 2.24) is 0 Å². The second-order valence-electron chi connectivity index (χ2n) is 4.53. The van der Waals surface area contributed by atoms with Gasteiger partial charge in [-0.15, -0.1) is 16.8 Å². The van der Waals surface area contributed by atoms with Gasteiger partial charge in [-0.25, -0.2) is 18.6 Å². The summed E-state index contributed by atoms with van der Waals surface area (Å²) in [5.41, 5.74) is 6.69. The maximum Gasteiger partial charge on any atom is 5.00 e. The topological polar surface area (TPSA) is 198 Å². The van der Waals surface area contributed by atoms with Crippen LogP contribution in [0.1, 0.15) is 41.0 Å². The Balaban J connectivity index is -0.0000000793. The minimum atomic E-state index is -4.94. The van der Waals surface area contributed by atoms with Crippen LogP contribution in [0.4, 0.5) is 0 Å². The summed E-state index contributed by atoms with van der Waals surface area (Å²) in [6, 6.07) is 0. The third-order valence-electron chi connectivity index (χ3n) is 1.46. The van der Waals surface area contributed by atoms with Crippen LogP contribution in [0.25, 0.3) is 11.1 Å². The fourth-order valence-corrected chi connectivity index (χ4v) is 0.921. The zero-order valence-electron chi connectivity index (χ0n) is 16.0. The zero-order chi connectivity index (χ0) is 21.8. The van der Waals surface area contributed by atoms with Crippen molar-refractivity contribution >= 4 is 23.1 Å². The molecule has 27 heavy (non-hydrogen) atoms. The van der Waals surface area contributed by atoms with Crippen molar-refractivity contribution in [3.8, 4) is 0 Å². The molecule has 0 aliphatic rings. The van der Waals surface area contributed by atoms with E-state index in [0.29, 0.717) is 13.1 Å². The molecule has 0 saturated carbocycles. The Morgan fingerprint density at radius 1 is 0.815 bits per heavy atom. The molecule has 0 unspecified atom stereocenters. The normalized spacial score (nSPS) is 8.67. The van der Waals surface area contributed by atoms with Gasteiger partial charge < -0.3 is 30.2 Å². The van der Waals surface area contributed by atoms with Crippen LogP contribution < -0.4 is 18.6 Å². The summed E-state index contributed by atoms with van der Waals surface area (Å²) >= 11 is 0. The van der Waals surface area contributed by atoms with Gasteiger partial charge in [0.1, 0.15) is 0 Å². The van der Waals surface area contributed by atoms with Gasteiger partial charge in [0, 0.05) is 23.1 Å². The number of halogens is 1. The van der Waals surface area contributed by atoms with Crippen LogP contribution in [0.5, 0.6) is 0 Å². The minimum Gasteiger partial charge on any atom is -0.679 e. The van der Waals surface area contributed by atoms with Crippen LogP contribution in [0.3, 0.4) is 0 Å². The van der Waals surface area contributed by atoms with Crippen LogP contribution in [0.2, 0.25) is 0 Å². The average Bonchev–Trinajstić information content (AvgIpc) is 2.35. The van der Waals surface area contributed by atoms with E-state index in [1.54, 1.807) is 0 Å². The number of hydrogen-bond donors (Lipinski definition) is 0. The molecule has 1 radical (unpaired) electrons. The smallest absolute Gasteiger partial charge is 0.679 e. The number of carbonyl (C=O) groups is 4. The molecule has 0 aliphatic carbocycles. The Labute approximate surface area is 173 Å². The molecule has 0 aliphatic heterocycles. The van der Waals surface area contributed by atoms with E-state index in [1.165, 1.54) is 27.7 Å². The van der Waals surface area contributed by atoms with E-state index in [9.17, 15) is 19.2 Å². The predicted octanol–water partition coefficient (Wildman–Crippen LogP) is -2.20. The Morgan fingerprint density at radius 3 is 1.19 bits per heavy atom. The van der Waals surface area contributed by atoms with Crippen molar-refractivity contribution in [2.24, 2.45) is 0 Å². The molecule has 0 rings (SSSR count). The van der Waals surface area contributed by atoms with E-state index in [0.717, 1.165) is 25.8 Å². The largest absolute Gasteiger partial charge is 5.00 e. The van der Waals surface area contributed by atoms with Crippen LogP contribution in [0, 0.1) is 23.1 Å². The van der Waals surface area contributed by atoms with Crippen LogP contribution in [0.15, 0.2) is 0 Å². The van der Waals surface area contributed by atoms with Gasteiger partial charge in [0.25, 0.3) is 0 Å². The molecular formula is C15H26ClCrN2O8. The SMILES string of the molecule is CC(=O)[CH-]C(C)=O.CC(=O)[CH-]C(C)=O.CCC[N-]CC[NH-].[Cr+5].[O-][Cl+3]([O-])([O-])[O-]. The molecule has 0 aromatic carbocycles. The van der Waals surface area contributed by atoms with E-state index in [-0.39, 0.29) is 40.5 Å². The summed E-state index contributed by atoms with van der Waals surface area (Å²) in [6.45, 7) is 9.58. The molecule has 157 valence electrons. The first-order valence-electron chi connectivity index (χ1n) is 7.28. The van der Waals surface area contributed by atoms with Gasteiger partial charge in [0.15, 0.2) is 0 Å². The molecule has 0 fully saturated rings. The summed E-state index contributed by atoms with van der Waals surface area (Å²) < 4.78 is 34.0. The van der Waals surface area contributed by atoms with E-state index in [2.05, 4.69) is 12.2 Å². The molecule has 0 spiro atoms. The fraction of sp³-hybridized carbons (Fsp3) is 0.600. The standard InChI is InChI=1S/C5H12N2.2C5H7O2.ClHO4.Cr/c1-2-4-7-5-3-6;2*1-4(6)3-5(2)7;2-1(3,4)5;/h6H,2-5H2,1H3;2*3H,1-2H3;(H,2,3,4,5);/q-2;2*-1;;+5/p-1. The minimum absolute atomic E-state index is 0. The zero-order valence-corrected chi connectivity index (χ0v) is 18.0. The monoisotopic (exact) mass is 449 g/mol. The van der Waals surface area contributed by atoms with Gasteiger partial charge in [0.2, 0.25) is 0 Å². The number of rotatable bonds is 8. The van der Waals surface area contributed by atoms with Gasteiger partial charge in [-0.2, -0.15) is 13.1 Å². The van der Waals surface area contributed by atoms with Gasteiger partial charge >= 0.3 is 17.4 Å². The average molecular weight is 450 g/mol. The Kier molecular flexibility index (Phi) is 34.1. The van der Waals surface area contributed by atoms with Gasteiger partial charge in [-0.05, 0) is 27.7 Å². The van der Waals surface area contributed by atoms with Crippen LogP contribution in [-0.4, -0.2) is 42.8 Å². The summed E-state index contributed by atoms with van der Waals surface area (Å²) in [7, 11) is -4.94. The third kappa shape index (κ3) is 109. The van der Waals surface area contributed by atoms with Gasteiger partial charge in [-0.1, -0.05) is 13.3 Å². The van der Waals surface area contributed by atoms with Crippen molar-refractivity contribution in [2.45, 2.75) is 41.0 Å². The molecule has 0 amide bonds. The molecule has 0 bridgehead atoms. The third-order valence-corrected chi connectivity index (χ3v) is 1.46. The van der Waals surface area contributed by atoms with Gasteiger partial charge in [0.05, 0.1) is 0 Å². The number of hydrogen-bond acceptors (Lipinski definition) is 8. The van der Waals surface area contributed by atoms with Gasteiger partial charge in [-0.3, -0.25) is 12.8 Å². The van der Waals surface area contributed by atoms with Crippen molar-refractivity contribution in [1.29, 1.82) is 0 Å². The summed E-state index contributed by atoms with van der Waals surface area (Å²) in [5, 5.41) is 4.02. The fourth-order valence-electron chi connectivity index (χ4n) is 0.921. The summed E-state index contributed by atoms with van der Waals surface area (Å²) in [4.78, 5) is 39.9. The molecule has 10 nitrogen and oxygen atoms in total. The number of nitrogens with one attached hydrogen (secondary N) is 1. The van der Waals surface area contributed by atoms with E-state index in [4.69, 9.17) is 24.4 Å². The molecule has 12 heteroatoms. The molecular weight excluding hydrogens is 424 g/mol. The first-order chi connectivity index (χ1) is 11.7. The number of nitrogens with zero attached hydrogens (tertiary/aromatic N) is 1. The second kappa shape index (κ2) is 25.0. The quantitative estimate of drug-likeness (QED) is 0.225. The number of Topliss-reactive ketones (excluding diaryl/α,β-unsaturated/α-hetero) is 4. The van der Waals surface area contributed by atoms with Crippen LogP contribution in [-0.2, 0) is 36.5 Å². The summed E-state index contributed by atoms with van der Waals surface area (Å²) in [6.07, 6.45) is 3.22. The second-order valence-corrected chi connectivity index (χ2v) is 5.29. The Bertz CT molecular complexity index is 344. The first kappa shape index (κ1) is 36.9. The Morgan fingerprint density at radius 2 is 1.07 bits per heavy atom. The van der Waals surface area contributed by atoms with E-state index >= 15 is 0 Å². The first-order valence-corrected chi connectivity index (χ1v) is 8.52. The number of carbonyl (C=O) groups excluding carboxylic acids is 4. The maximum atomic E-state index is 9.98. The molecule has 1 N–H and O–H groups in total. The number of ketones is 4.